The van der Waals surface area contributed by atoms with Gasteiger partial charge in [-0.2, -0.15) is 5.10 Å². The van der Waals surface area contributed by atoms with E-state index in [9.17, 15) is 4.79 Å². The summed E-state index contributed by atoms with van der Waals surface area (Å²) in [7, 11) is 0. The van der Waals surface area contributed by atoms with Crippen molar-refractivity contribution in [2.45, 2.75) is 38.8 Å². The molecule has 0 bridgehead atoms. The fourth-order valence-corrected chi connectivity index (χ4v) is 3.83. The number of morpholine rings is 1. The van der Waals surface area contributed by atoms with Gasteiger partial charge in [-0.15, -0.1) is 0 Å². The number of hydrogen-bond donors (Lipinski definition) is 1. The van der Waals surface area contributed by atoms with Gasteiger partial charge in [0.05, 0.1) is 36.7 Å². The number of fused-ring (bicyclic) bond motifs is 1. The molecule has 7 heteroatoms. The Morgan fingerprint density at radius 3 is 2.88 bits per heavy atom. The average Bonchev–Trinajstić information content (AvgIpc) is 3.29. The van der Waals surface area contributed by atoms with Crippen LogP contribution in [0.3, 0.4) is 0 Å². The van der Waals surface area contributed by atoms with Crippen LogP contribution in [-0.2, 0) is 17.7 Å². The number of ether oxygens (including phenoxy) is 1. The third-order valence-corrected chi connectivity index (χ3v) is 5.26. The van der Waals surface area contributed by atoms with Crippen molar-refractivity contribution in [2.75, 3.05) is 32.8 Å². The Morgan fingerprint density at radius 1 is 1.27 bits per heavy atom. The molecule has 0 radical (unpaired) electrons. The van der Waals surface area contributed by atoms with Gasteiger partial charge >= 0.3 is 0 Å². The lowest BCUT2D eigenvalue weighted by Crippen LogP contribution is -2.43. The lowest BCUT2D eigenvalue weighted by Gasteiger charge is -2.33. The monoisotopic (exact) mass is 358 g/mol. The van der Waals surface area contributed by atoms with Crippen LogP contribution >= 0.6 is 0 Å². The number of carbonyl (C=O) groups excluding carboxylic acids is 1. The highest BCUT2D eigenvalue weighted by molar-refractivity contribution is 5.95. The number of aryl methyl sites for hydroxylation is 2. The first-order valence-corrected chi connectivity index (χ1v) is 9.43. The summed E-state index contributed by atoms with van der Waals surface area (Å²) in [5, 5.41) is 7.47. The summed E-state index contributed by atoms with van der Waals surface area (Å²) in [6.45, 7) is 6.45. The summed E-state index contributed by atoms with van der Waals surface area (Å²) in [6, 6.07) is 3.99. The summed E-state index contributed by atoms with van der Waals surface area (Å²) >= 11 is 0. The van der Waals surface area contributed by atoms with Crippen LogP contribution in [0.1, 0.15) is 46.5 Å². The first-order valence-electron chi connectivity index (χ1n) is 9.43. The molecule has 1 fully saturated rings. The van der Waals surface area contributed by atoms with Crippen molar-refractivity contribution in [3.8, 4) is 0 Å². The van der Waals surface area contributed by atoms with Gasteiger partial charge in [0.15, 0.2) is 0 Å². The van der Waals surface area contributed by atoms with Gasteiger partial charge in [0.25, 0.3) is 5.91 Å². The van der Waals surface area contributed by atoms with E-state index in [4.69, 9.17) is 9.15 Å². The quantitative estimate of drug-likeness (QED) is 0.884. The van der Waals surface area contributed by atoms with Crippen molar-refractivity contribution in [3.63, 3.8) is 0 Å². The number of carbonyl (C=O) groups is 1. The highest BCUT2D eigenvalue weighted by atomic mass is 16.5. The molecule has 0 saturated carbocycles. The zero-order chi connectivity index (χ0) is 17.9. The summed E-state index contributed by atoms with van der Waals surface area (Å²) in [5.41, 5.74) is 1.77. The van der Waals surface area contributed by atoms with Crippen LogP contribution in [0.15, 0.2) is 22.7 Å². The van der Waals surface area contributed by atoms with Gasteiger partial charge in [0.2, 0.25) is 0 Å². The Morgan fingerprint density at radius 2 is 2.12 bits per heavy atom. The van der Waals surface area contributed by atoms with E-state index >= 15 is 0 Å². The van der Waals surface area contributed by atoms with Gasteiger partial charge < -0.3 is 14.5 Å². The fourth-order valence-electron chi connectivity index (χ4n) is 3.83. The molecule has 0 unspecified atom stereocenters. The first kappa shape index (κ1) is 17.3. The normalized spacial score (nSPS) is 19.1. The highest BCUT2D eigenvalue weighted by Gasteiger charge is 2.27. The van der Waals surface area contributed by atoms with E-state index in [2.05, 4.69) is 15.3 Å². The molecular formula is C19H26N4O3. The van der Waals surface area contributed by atoms with Crippen LogP contribution in [0.25, 0.3) is 0 Å². The molecule has 26 heavy (non-hydrogen) atoms. The van der Waals surface area contributed by atoms with Crippen LogP contribution in [-0.4, -0.2) is 53.4 Å². The molecular weight excluding hydrogens is 332 g/mol. The molecule has 0 aromatic carbocycles. The largest absolute Gasteiger partial charge is 0.465 e. The molecule has 1 amide bonds. The van der Waals surface area contributed by atoms with Crippen molar-refractivity contribution in [1.82, 2.24) is 20.0 Å². The predicted octanol–water partition coefficient (Wildman–Crippen LogP) is 1.92. The minimum absolute atomic E-state index is 0.0166. The second-order valence-corrected chi connectivity index (χ2v) is 7.01. The van der Waals surface area contributed by atoms with Gasteiger partial charge in [-0.1, -0.05) is 0 Å². The number of hydrogen-bond acceptors (Lipinski definition) is 5. The van der Waals surface area contributed by atoms with E-state index in [0.717, 1.165) is 56.1 Å². The van der Waals surface area contributed by atoms with Gasteiger partial charge in [-0.25, -0.2) is 0 Å². The van der Waals surface area contributed by atoms with Crippen LogP contribution in [0, 0.1) is 6.92 Å². The van der Waals surface area contributed by atoms with Crippen LogP contribution in [0.2, 0.25) is 0 Å². The Balaban J connectivity index is 1.47. The Bertz CT molecular complexity index is 761. The third kappa shape index (κ3) is 3.54. The molecule has 2 aromatic heterocycles. The minimum atomic E-state index is -0.0466. The van der Waals surface area contributed by atoms with E-state index < -0.39 is 0 Å². The van der Waals surface area contributed by atoms with Gasteiger partial charge in [-0.05, 0) is 38.3 Å². The Kier molecular flexibility index (Phi) is 5.08. The summed E-state index contributed by atoms with van der Waals surface area (Å²) in [6.07, 6.45) is 4.88. The van der Waals surface area contributed by atoms with Crippen molar-refractivity contribution >= 4 is 5.91 Å². The molecule has 0 spiro atoms. The number of rotatable bonds is 5. The average molecular weight is 358 g/mol. The molecule has 2 aromatic rings. The zero-order valence-electron chi connectivity index (χ0n) is 15.2. The zero-order valence-corrected chi connectivity index (χ0v) is 15.2. The SMILES string of the molecule is Cc1ccc([C@H](CNC(=O)c2cnn3c2CCCC3)N2CCOCC2)o1. The van der Waals surface area contributed by atoms with Gasteiger partial charge in [-0.3, -0.25) is 14.4 Å². The molecule has 2 aliphatic heterocycles. The van der Waals surface area contributed by atoms with Crippen molar-refractivity contribution in [1.29, 1.82) is 0 Å². The molecule has 4 rings (SSSR count). The van der Waals surface area contributed by atoms with Crippen LogP contribution < -0.4 is 5.32 Å². The lowest BCUT2D eigenvalue weighted by atomic mass is 10.1. The Hall–Kier alpha value is -2.12. The lowest BCUT2D eigenvalue weighted by molar-refractivity contribution is 0.0117. The summed E-state index contributed by atoms with van der Waals surface area (Å²) in [5.74, 6) is 1.73. The van der Waals surface area contributed by atoms with E-state index in [1.165, 1.54) is 0 Å². The third-order valence-electron chi connectivity index (χ3n) is 5.26. The standard InChI is InChI=1S/C19H26N4O3/c1-14-5-6-18(26-14)17(22-8-10-25-11-9-22)13-20-19(24)15-12-21-23-7-3-2-4-16(15)23/h5-6,12,17H,2-4,7-11,13H2,1H3,(H,20,24)/t17-/m0/s1. The maximum Gasteiger partial charge on any atom is 0.254 e. The smallest absolute Gasteiger partial charge is 0.254 e. The fraction of sp³-hybridized carbons (Fsp3) is 0.579. The summed E-state index contributed by atoms with van der Waals surface area (Å²) in [4.78, 5) is 15.1. The first-order chi connectivity index (χ1) is 12.7. The van der Waals surface area contributed by atoms with E-state index in [-0.39, 0.29) is 11.9 Å². The van der Waals surface area contributed by atoms with Crippen LogP contribution in [0.4, 0.5) is 0 Å². The van der Waals surface area contributed by atoms with Crippen molar-refractivity contribution in [3.05, 3.63) is 41.1 Å². The molecule has 2 aliphatic rings. The molecule has 1 atom stereocenters. The maximum absolute atomic E-state index is 12.8. The Labute approximate surface area is 153 Å². The van der Waals surface area contributed by atoms with Gasteiger partial charge in [0, 0.05) is 26.2 Å². The number of nitrogens with one attached hydrogen (secondary N) is 1. The highest BCUT2D eigenvalue weighted by Crippen LogP contribution is 2.24. The number of nitrogens with zero attached hydrogens (tertiary/aromatic N) is 3. The number of aromatic nitrogens is 2. The number of amides is 1. The molecule has 140 valence electrons. The molecule has 1 saturated heterocycles. The molecule has 4 heterocycles. The topological polar surface area (TPSA) is 72.5 Å². The molecule has 0 aliphatic carbocycles. The maximum atomic E-state index is 12.8. The predicted molar refractivity (Wildman–Crippen MR) is 96.1 cm³/mol. The van der Waals surface area contributed by atoms with Crippen LogP contribution in [0.5, 0.6) is 0 Å². The second kappa shape index (κ2) is 7.63. The van der Waals surface area contributed by atoms with Crippen molar-refractivity contribution < 1.29 is 13.9 Å². The summed E-state index contributed by atoms with van der Waals surface area (Å²) < 4.78 is 13.3. The van der Waals surface area contributed by atoms with E-state index in [1.54, 1.807) is 6.20 Å². The minimum Gasteiger partial charge on any atom is -0.465 e. The van der Waals surface area contributed by atoms with E-state index in [1.807, 2.05) is 23.7 Å². The van der Waals surface area contributed by atoms with Gasteiger partial charge in [0.1, 0.15) is 11.5 Å². The second-order valence-electron chi connectivity index (χ2n) is 7.01. The molecule has 7 nitrogen and oxygen atoms in total. The molecule has 1 N–H and O–H groups in total. The number of furan rings is 1. The van der Waals surface area contributed by atoms with E-state index in [0.29, 0.717) is 25.3 Å². The van der Waals surface area contributed by atoms with Crippen molar-refractivity contribution in [2.24, 2.45) is 0 Å².